The molecule has 0 bridgehead atoms. The van der Waals surface area contributed by atoms with Crippen molar-refractivity contribution in [3.63, 3.8) is 0 Å². The summed E-state index contributed by atoms with van der Waals surface area (Å²) in [6.45, 7) is 2.40. The van der Waals surface area contributed by atoms with E-state index in [1.807, 2.05) is 12.1 Å². The fourth-order valence-electron chi connectivity index (χ4n) is 3.35. The quantitative estimate of drug-likeness (QED) is 0.812. The summed E-state index contributed by atoms with van der Waals surface area (Å²) in [4.78, 5) is 14.6. The molecule has 0 aromatic heterocycles. The summed E-state index contributed by atoms with van der Waals surface area (Å²) in [5.74, 6) is 0. The molecule has 2 atom stereocenters. The molecule has 0 saturated carbocycles. The van der Waals surface area contributed by atoms with Crippen molar-refractivity contribution in [2.24, 2.45) is 0 Å². The van der Waals surface area contributed by atoms with Crippen molar-refractivity contribution in [2.45, 2.75) is 25.0 Å². The molecule has 0 radical (unpaired) electrons. The van der Waals surface area contributed by atoms with E-state index in [4.69, 9.17) is 5.11 Å². The Hall–Kier alpha value is -1.59. The van der Waals surface area contributed by atoms with Gasteiger partial charge in [-0.2, -0.15) is 0 Å². The number of carboxylic acid groups (broad SMARTS) is 1. The number of aliphatic hydroxyl groups excluding tert-OH is 1. The molecule has 1 aromatic carbocycles. The first-order valence-electron chi connectivity index (χ1n) is 7.14. The molecule has 108 valence electrons. The maximum absolute atomic E-state index is 11.0. The van der Waals surface area contributed by atoms with Crippen molar-refractivity contribution < 1.29 is 15.0 Å². The molecular weight excluding hydrogens is 256 g/mol. The minimum Gasteiger partial charge on any atom is -0.465 e. The fraction of sp³-hybridized carbons (Fsp3) is 0.533. The van der Waals surface area contributed by atoms with E-state index in [9.17, 15) is 9.90 Å². The van der Waals surface area contributed by atoms with Crippen LogP contribution in [0.25, 0.3) is 0 Å². The lowest BCUT2D eigenvalue weighted by Crippen LogP contribution is -2.52. The second-order valence-electron chi connectivity index (χ2n) is 5.56. The Labute approximate surface area is 118 Å². The van der Waals surface area contributed by atoms with Gasteiger partial charge in [0.05, 0.1) is 12.1 Å². The van der Waals surface area contributed by atoms with Crippen molar-refractivity contribution in [3.05, 3.63) is 35.4 Å². The molecule has 1 amide bonds. The van der Waals surface area contributed by atoms with Crippen LogP contribution >= 0.6 is 0 Å². The maximum Gasteiger partial charge on any atom is 0.407 e. The monoisotopic (exact) mass is 276 g/mol. The van der Waals surface area contributed by atoms with Crippen LogP contribution in [0.2, 0.25) is 0 Å². The van der Waals surface area contributed by atoms with Crippen LogP contribution in [0.3, 0.4) is 0 Å². The second-order valence-corrected chi connectivity index (χ2v) is 5.56. The molecule has 0 spiro atoms. The van der Waals surface area contributed by atoms with Gasteiger partial charge in [0.1, 0.15) is 0 Å². The Morgan fingerprint density at radius 2 is 1.85 bits per heavy atom. The first kappa shape index (κ1) is 13.4. The number of fused-ring (bicyclic) bond motifs is 1. The summed E-state index contributed by atoms with van der Waals surface area (Å²) < 4.78 is 0. The number of amides is 1. The highest BCUT2D eigenvalue weighted by Crippen LogP contribution is 2.34. The van der Waals surface area contributed by atoms with Crippen molar-refractivity contribution in [1.82, 2.24) is 9.80 Å². The molecule has 3 rings (SSSR count). The van der Waals surface area contributed by atoms with Gasteiger partial charge in [-0.1, -0.05) is 24.3 Å². The molecule has 1 saturated heterocycles. The average Bonchev–Trinajstić information content (AvgIpc) is 2.47. The van der Waals surface area contributed by atoms with Crippen molar-refractivity contribution in [2.75, 3.05) is 26.2 Å². The topological polar surface area (TPSA) is 64.0 Å². The Balaban J connectivity index is 1.79. The van der Waals surface area contributed by atoms with Crippen molar-refractivity contribution >= 4 is 6.09 Å². The van der Waals surface area contributed by atoms with Gasteiger partial charge in [-0.05, 0) is 24.0 Å². The van der Waals surface area contributed by atoms with Crippen LogP contribution in [0.15, 0.2) is 24.3 Å². The van der Waals surface area contributed by atoms with E-state index in [0.29, 0.717) is 26.2 Å². The van der Waals surface area contributed by atoms with Crippen LogP contribution in [0.5, 0.6) is 0 Å². The molecule has 1 fully saturated rings. The third-order valence-corrected chi connectivity index (χ3v) is 4.43. The number of nitrogens with zero attached hydrogens (tertiary/aromatic N) is 2. The molecular formula is C15H20N2O3. The normalized spacial score (nSPS) is 27.1. The molecule has 1 aromatic rings. The van der Waals surface area contributed by atoms with E-state index in [1.54, 1.807) is 0 Å². The maximum atomic E-state index is 11.0. The second kappa shape index (κ2) is 5.42. The highest BCUT2D eigenvalue weighted by atomic mass is 16.4. The Bertz CT molecular complexity index is 498. The SMILES string of the molecule is O=C(O)N1CCN(C2c3ccccc3CCC2O)CC1. The number of hydrogen-bond donors (Lipinski definition) is 2. The first-order chi connectivity index (χ1) is 9.66. The number of benzene rings is 1. The van der Waals surface area contributed by atoms with Crippen LogP contribution in [-0.4, -0.2) is 58.4 Å². The van der Waals surface area contributed by atoms with E-state index in [-0.39, 0.29) is 12.1 Å². The van der Waals surface area contributed by atoms with Gasteiger partial charge < -0.3 is 15.1 Å². The summed E-state index contributed by atoms with van der Waals surface area (Å²) in [5.41, 5.74) is 2.51. The lowest BCUT2D eigenvalue weighted by atomic mass is 9.84. The molecule has 2 N–H and O–H groups in total. The van der Waals surface area contributed by atoms with Gasteiger partial charge in [0.25, 0.3) is 0 Å². The largest absolute Gasteiger partial charge is 0.465 e. The predicted octanol–water partition coefficient (Wildman–Crippen LogP) is 1.33. The van der Waals surface area contributed by atoms with E-state index in [0.717, 1.165) is 12.8 Å². The molecule has 1 heterocycles. The number of rotatable bonds is 1. The van der Waals surface area contributed by atoms with Crippen LogP contribution in [-0.2, 0) is 6.42 Å². The van der Waals surface area contributed by atoms with Crippen LogP contribution < -0.4 is 0 Å². The van der Waals surface area contributed by atoms with E-state index < -0.39 is 6.09 Å². The third kappa shape index (κ3) is 2.39. The van der Waals surface area contributed by atoms with Gasteiger partial charge in [0.2, 0.25) is 0 Å². The summed E-state index contributed by atoms with van der Waals surface area (Å²) in [6, 6.07) is 8.27. The molecule has 2 unspecified atom stereocenters. The molecule has 2 aliphatic rings. The lowest BCUT2D eigenvalue weighted by molar-refractivity contribution is 0.0107. The van der Waals surface area contributed by atoms with Crippen LogP contribution in [0.4, 0.5) is 4.79 Å². The number of aryl methyl sites for hydroxylation is 1. The molecule has 1 aliphatic carbocycles. The minimum absolute atomic E-state index is 0.0101. The highest BCUT2D eigenvalue weighted by Gasteiger charge is 2.34. The van der Waals surface area contributed by atoms with Crippen molar-refractivity contribution in [3.8, 4) is 0 Å². The zero-order chi connectivity index (χ0) is 14.1. The van der Waals surface area contributed by atoms with Gasteiger partial charge in [-0.25, -0.2) is 4.79 Å². The number of hydrogen-bond acceptors (Lipinski definition) is 3. The van der Waals surface area contributed by atoms with Gasteiger partial charge in [-0.15, -0.1) is 0 Å². The molecule has 1 aliphatic heterocycles. The Kier molecular flexibility index (Phi) is 3.63. The Morgan fingerprint density at radius 1 is 1.15 bits per heavy atom. The van der Waals surface area contributed by atoms with E-state index in [2.05, 4.69) is 17.0 Å². The number of carbonyl (C=O) groups is 1. The zero-order valence-electron chi connectivity index (χ0n) is 11.4. The molecule has 20 heavy (non-hydrogen) atoms. The summed E-state index contributed by atoms with van der Waals surface area (Å²) in [7, 11) is 0. The van der Waals surface area contributed by atoms with Crippen LogP contribution in [0.1, 0.15) is 23.6 Å². The average molecular weight is 276 g/mol. The molecule has 5 heteroatoms. The predicted molar refractivity (Wildman–Crippen MR) is 74.7 cm³/mol. The van der Waals surface area contributed by atoms with Crippen LogP contribution in [0, 0.1) is 0 Å². The summed E-state index contributed by atoms with van der Waals surface area (Å²) in [5, 5.41) is 19.4. The van der Waals surface area contributed by atoms with Gasteiger partial charge in [-0.3, -0.25) is 4.90 Å². The van der Waals surface area contributed by atoms with E-state index >= 15 is 0 Å². The summed E-state index contributed by atoms with van der Waals surface area (Å²) >= 11 is 0. The van der Waals surface area contributed by atoms with Gasteiger partial charge in [0.15, 0.2) is 0 Å². The fourth-order valence-corrected chi connectivity index (χ4v) is 3.35. The zero-order valence-corrected chi connectivity index (χ0v) is 11.4. The standard InChI is InChI=1S/C15H20N2O3/c18-13-6-5-11-3-1-2-4-12(11)14(13)16-7-9-17(10-8-16)15(19)20/h1-4,13-14,18H,5-10H2,(H,19,20). The number of piperazine rings is 1. The van der Waals surface area contributed by atoms with Crippen molar-refractivity contribution in [1.29, 1.82) is 0 Å². The summed E-state index contributed by atoms with van der Waals surface area (Å²) in [6.07, 6.45) is 0.486. The highest BCUT2D eigenvalue weighted by molar-refractivity contribution is 5.65. The van der Waals surface area contributed by atoms with Gasteiger partial charge in [0, 0.05) is 26.2 Å². The minimum atomic E-state index is -0.853. The third-order valence-electron chi connectivity index (χ3n) is 4.43. The first-order valence-corrected chi connectivity index (χ1v) is 7.14. The van der Waals surface area contributed by atoms with E-state index in [1.165, 1.54) is 16.0 Å². The number of aliphatic hydroxyl groups is 1. The Morgan fingerprint density at radius 3 is 2.55 bits per heavy atom. The molecule has 5 nitrogen and oxygen atoms in total. The lowest BCUT2D eigenvalue weighted by Gasteiger charge is -2.42. The smallest absolute Gasteiger partial charge is 0.407 e. The van der Waals surface area contributed by atoms with Gasteiger partial charge >= 0.3 is 6.09 Å².